The van der Waals surface area contributed by atoms with Crippen LogP contribution in [0.25, 0.3) is 33.1 Å². The summed E-state index contributed by atoms with van der Waals surface area (Å²) in [6.07, 6.45) is 0.180. The van der Waals surface area contributed by atoms with Gasteiger partial charge in [0.1, 0.15) is 5.52 Å². The van der Waals surface area contributed by atoms with Crippen LogP contribution in [0.15, 0.2) is 34.8 Å². The number of hydrogen-bond acceptors (Lipinski definition) is 3. The highest BCUT2D eigenvalue weighted by molar-refractivity contribution is 9.10. The maximum atomic E-state index is 5.01. The van der Waals surface area contributed by atoms with Crippen molar-refractivity contribution in [2.75, 3.05) is 14.1 Å². The number of aryl methyl sites for hydroxylation is 2. The van der Waals surface area contributed by atoms with E-state index < -0.39 is 0 Å². The number of fused-ring (bicyclic) bond motifs is 4. The molecule has 0 N–H and O–H groups in total. The topological polar surface area (TPSA) is 34.0 Å². The van der Waals surface area contributed by atoms with Crippen molar-refractivity contribution in [1.82, 2.24) is 19.4 Å². The third kappa shape index (κ3) is 2.53. The summed E-state index contributed by atoms with van der Waals surface area (Å²) in [5.41, 5.74) is 7.44. The summed E-state index contributed by atoms with van der Waals surface area (Å²) in [5.74, 6) is 0. The lowest BCUT2D eigenvalue weighted by Gasteiger charge is -2.23. The van der Waals surface area contributed by atoms with Crippen molar-refractivity contribution in [3.8, 4) is 0 Å². The highest BCUT2D eigenvalue weighted by Crippen LogP contribution is 2.33. The Labute approximate surface area is 155 Å². The molecule has 2 aromatic heterocycles. The predicted octanol–water partition coefficient (Wildman–Crippen LogP) is 5.20. The van der Waals surface area contributed by atoms with Crippen LogP contribution >= 0.6 is 15.9 Å². The van der Waals surface area contributed by atoms with Gasteiger partial charge in [0, 0.05) is 9.86 Å². The minimum Gasteiger partial charge on any atom is -0.308 e. The van der Waals surface area contributed by atoms with Crippen LogP contribution in [0.5, 0.6) is 0 Å². The van der Waals surface area contributed by atoms with Crippen molar-refractivity contribution < 1.29 is 0 Å². The van der Waals surface area contributed by atoms with E-state index in [1.165, 1.54) is 11.1 Å². The molecule has 0 aliphatic rings. The number of nitrogens with zero attached hydrogens (tertiary/aromatic N) is 4. The normalized spacial score (nSPS) is 13.4. The van der Waals surface area contributed by atoms with E-state index in [9.17, 15) is 0 Å². The Hall–Kier alpha value is -1.98. The molecule has 5 heteroatoms. The van der Waals surface area contributed by atoms with Gasteiger partial charge < -0.3 is 4.57 Å². The molecule has 1 atom stereocenters. The van der Waals surface area contributed by atoms with Crippen molar-refractivity contribution in [3.05, 3.63) is 45.9 Å². The number of hydrogen-bond donors (Lipinski definition) is 0. The number of rotatable bonds is 2. The minimum absolute atomic E-state index is 0.180. The van der Waals surface area contributed by atoms with Gasteiger partial charge in [-0.3, -0.25) is 4.90 Å². The Bertz CT molecular complexity index is 1130. The van der Waals surface area contributed by atoms with Crippen LogP contribution in [0.2, 0.25) is 0 Å². The summed E-state index contributed by atoms with van der Waals surface area (Å²) in [7, 11) is 4.17. The van der Waals surface area contributed by atoms with Gasteiger partial charge in [-0.1, -0.05) is 15.9 Å². The van der Waals surface area contributed by atoms with Crippen molar-refractivity contribution in [3.63, 3.8) is 0 Å². The molecule has 4 aromatic rings. The molecule has 0 amide bonds. The molecule has 0 saturated heterocycles. The Balaban J connectivity index is 2.20. The summed E-state index contributed by atoms with van der Waals surface area (Å²) in [6, 6.07) is 10.6. The van der Waals surface area contributed by atoms with Crippen LogP contribution in [-0.2, 0) is 0 Å². The zero-order chi connectivity index (χ0) is 17.9. The molecule has 4 nitrogen and oxygen atoms in total. The molecule has 4 rings (SSSR count). The lowest BCUT2D eigenvalue weighted by Crippen LogP contribution is -2.22. The molecule has 0 aliphatic carbocycles. The summed E-state index contributed by atoms with van der Waals surface area (Å²) in [5, 5.41) is 1.13. The van der Waals surface area contributed by atoms with Gasteiger partial charge in [0.05, 0.1) is 22.7 Å². The Morgan fingerprint density at radius 2 is 1.64 bits per heavy atom. The lowest BCUT2D eigenvalue weighted by molar-refractivity contribution is 0.249. The molecule has 0 fully saturated rings. The van der Waals surface area contributed by atoms with Crippen LogP contribution in [0.3, 0.4) is 0 Å². The van der Waals surface area contributed by atoms with E-state index in [1.807, 2.05) is 0 Å². The highest BCUT2D eigenvalue weighted by Gasteiger charge is 2.19. The predicted molar refractivity (Wildman–Crippen MR) is 108 cm³/mol. The molecule has 2 heterocycles. The van der Waals surface area contributed by atoms with Gasteiger partial charge in [-0.15, -0.1) is 0 Å². The lowest BCUT2D eigenvalue weighted by atomic mass is 10.1. The van der Waals surface area contributed by atoms with E-state index in [1.54, 1.807) is 0 Å². The quantitative estimate of drug-likeness (QED) is 0.466. The Kier molecular flexibility index (Phi) is 3.81. The molecule has 0 bridgehead atoms. The summed E-state index contributed by atoms with van der Waals surface area (Å²) in [6.45, 7) is 6.43. The van der Waals surface area contributed by atoms with Gasteiger partial charge in [0.25, 0.3) is 0 Å². The molecule has 2 aromatic carbocycles. The zero-order valence-electron chi connectivity index (χ0n) is 15.1. The second kappa shape index (κ2) is 5.78. The zero-order valence-corrected chi connectivity index (χ0v) is 16.7. The van der Waals surface area contributed by atoms with E-state index >= 15 is 0 Å². The standard InChI is InChI=1S/C20H21BrN4/c1-11-8-16-17(9-12(11)2)23-20-19(22-16)15-10-14(21)6-7-18(15)25(20)13(3)24(4)5/h6-10,13H,1-5H3. The van der Waals surface area contributed by atoms with Crippen LogP contribution < -0.4 is 0 Å². The largest absolute Gasteiger partial charge is 0.308 e. The van der Waals surface area contributed by atoms with Gasteiger partial charge in [-0.25, -0.2) is 9.97 Å². The molecule has 1 unspecified atom stereocenters. The second-order valence-corrected chi connectivity index (χ2v) is 7.86. The van der Waals surface area contributed by atoms with Crippen LogP contribution in [0.4, 0.5) is 0 Å². The van der Waals surface area contributed by atoms with Crippen LogP contribution in [0, 0.1) is 13.8 Å². The molecule has 0 saturated carbocycles. The Morgan fingerprint density at radius 3 is 2.28 bits per heavy atom. The maximum Gasteiger partial charge on any atom is 0.161 e. The van der Waals surface area contributed by atoms with E-state index in [-0.39, 0.29) is 6.17 Å². The van der Waals surface area contributed by atoms with Crippen LogP contribution in [0.1, 0.15) is 24.2 Å². The molecular formula is C20H21BrN4. The number of benzene rings is 2. The van der Waals surface area contributed by atoms with Gasteiger partial charge in [0.15, 0.2) is 5.65 Å². The van der Waals surface area contributed by atoms with Gasteiger partial charge >= 0.3 is 0 Å². The van der Waals surface area contributed by atoms with Gasteiger partial charge in [-0.2, -0.15) is 0 Å². The molecular weight excluding hydrogens is 376 g/mol. The van der Waals surface area contributed by atoms with E-state index in [0.717, 1.165) is 37.6 Å². The average molecular weight is 397 g/mol. The number of aromatic nitrogens is 3. The van der Waals surface area contributed by atoms with E-state index in [4.69, 9.17) is 9.97 Å². The van der Waals surface area contributed by atoms with Crippen molar-refractivity contribution in [2.24, 2.45) is 0 Å². The monoisotopic (exact) mass is 396 g/mol. The van der Waals surface area contributed by atoms with Gasteiger partial charge in [0.2, 0.25) is 0 Å². The van der Waals surface area contributed by atoms with Crippen LogP contribution in [-0.4, -0.2) is 33.5 Å². The summed E-state index contributed by atoms with van der Waals surface area (Å²) >= 11 is 3.60. The molecule has 0 aliphatic heterocycles. The first-order valence-corrected chi connectivity index (χ1v) is 9.20. The fraction of sp³-hybridized carbons (Fsp3) is 0.300. The molecule has 25 heavy (non-hydrogen) atoms. The first-order chi connectivity index (χ1) is 11.9. The van der Waals surface area contributed by atoms with Crippen molar-refractivity contribution >= 4 is 49.0 Å². The molecule has 128 valence electrons. The molecule has 0 spiro atoms. The average Bonchev–Trinajstić information content (AvgIpc) is 2.86. The maximum absolute atomic E-state index is 5.01. The van der Waals surface area contributed by atoms with Crippen molar-refractivity contribution in [1.29, 1.82) is 0 Å². The fourth-order valence-corrected chi connectivity index (χ4v) is 3.64. The van der Waals surface area contributed by atoms with Gasteiger partial charge in [-0.05, 0) is 76.3 Å². The first kappa shape index (κ1) is 16.5. The SMILES string of the molecule is Cc1cc2nc3c4cc(Br)ccc4n(C(C)N(C)C)c3nc2cc1C. The van der Waals surface area contributed by atoms with Crippen molar-refractivity contribution in [2.45, 2.75) is 26.9 Å². The second-order valence-electron chi connectivity index (χ2n) is 6.95. The summed E-state index contributed by atoms with van der Waals surface area (Å²) in [4.78, 5) is 12.2. The third-order valence-corrected chi connectivity index (χ3v) is 5.58. The summed E-state index contributed by atoms with van der Waals surface area (Å²) < 4.78 is 3.33. The third-order valence-electron chi connectivity index (χ3n) is 5.08. The van der Waals surface area contributed by atoms with E-state index in [0.29, 0.717) is 0 Å². The number of halogens is 1. The van der Waals surface area contributed by atoms with E-state index in [2.05, 4.69) is 90.6 Å². The Morgan fingerprint density at radius 1 is 1.00 bits per heavy atom. The fourth-order valence-electron chi connectivity index (χ4n) is 3.28. The highest BCUT2D eigenvalue weighted by atomic mass is 79.9. The first-order valence-electron chi connectivity index (χ1n) is 8.41. The molecule has 0 radical (unpaired) electrons. The minimum atomic E-state index is 0.180. The smallest absolute Gasteiger partial charge is 0.161 e.